The Labute approximate surface area is 158 Å². The number of nitrogens with zero attached hydrogens (tertiary/aromatic N) is 4. The third-order valence-corrected chi connectivity index (χ3v) is 5.40. The summed E-state index contributed by atoms with van der Waals surface area (Å²) in [4.78, 5) is 17.0. The monoisotopic (exact) mass is 374 g/mol. The van der Waals surface area contributed by atoms with Gasteiger partial charge in [0.2, 0.25) is 0 Å². The van der Waals surface area contributed by atoms with Gasteiger partial charge in [0.15, 0.2) is 5.96 Å². The molecule has 26 heavy (non-hydrogen) atoms. The Balaban J connectivity index is 1.58. The fourth-order valence-electron chi connectivity index (χ4n) is 2.80. The number of aliphatic imine (C=N–C) groups is 1. The van der Waals surface area contributed by atoms with Crippen molar-refractivity contribution in [1.29, 1.82) is 0 Å². The van der Waals surface area contributed by atoms with Crippen LogP contribution in [-0.4, -0.2) is 49.3 Å². The van der Waals surface area contributed by atoms with Crippen LogP contribution in [0.3, 0.4) is 0 Å². The number of aryl methyl sites for hydroxylation is 2. The number of pyridine rings is 1. The quantitative estimate of drug-likeness (QED) is 0.615. The Morgan fingerprint density at radius 1 is 1.27 bits per heavy atom. The fraction of sp³-hybridized carbons (Fsp3) is 0.500. The molecule has 7 nitrogen and oxygen atoms in total. The average molecular weight is 375 g/mol. The summed E-state index contributed by atoms with van der Waals surface area (Å²) in [6.07, 6.45) is 1.84. The zero-order valence-corrected chi connectivity index (χ0v) is 16.4. The molecule has 3 heterocycles. The van der Waals surface area contributed by atoms with Crippen molar-refractivity contribution in [3.05, 3.63) is 39.5 Å². The lowest BCUT2D eigenvalue weighted by atomic mass is 10.2. The predicted octanol–water partition coefficient (Wildman–Crippen LogP) is 1.86. The first-order chi connectivity index (χ1) is 12.7. The number of thiazole rings is 1. The lowest BCUT2D eigenvalue weighted by molar-refractivity contribution is 0.122. The van der Waals surface area contributed by atoms with E-state index in [0.29, 0.717) is 13.1 Å². The largest absolute Gasteiger partial charge is 0.378 e. The summed E-state index contributed by atoms with van der Waals surface area (Å²) in [6.45, 7) is 8.72. The van der Waals surface area contributed by atoms with Crippen LogP contribution in [0.1, 0.15) is 21.1 Å². The first-order valence-electron chi connectivity index (χ1n) is 8.81. The van der Waals surface area contributed by atoms with Crippen molar-refractivity contribution in [3.8, 4) is 0 Å². The third kappa shape index (κ3) is 4.70. The maximum absolute atomic E-state index is 5.44. The molecule has 2 N–H and O–H groups in total. The van der Waals surface area contributed by atoms with Crippen LogP contribution < -0.4 is 15.5 Å². The van der Waals surface area contributed by atoms with E-state index in [0.717, 1.165) is 54.3 Å². The molecule has 1 fully saturated rings. The first-order valence-corrected chi connectivity index (χ1v) is 9.63. The number of hydrogen-bond donors (Lipinski definition) is 2. The van der Waals surface area contributed by atoms with Gasteiger partial charge in [0.05, 0.1) is 25.5 Å². The summed E-state index contributed by atoms with van der Waals surface area (Å²) in [5.41, 5.74) is 2.25. The highest BCUT2D eigenvalue weighted by Crippen LogP contribution is 2.18. The molecule has 0 unspecified atom stereocenters. The minimum atomic E-state index is 0.663. The Kier molecular flexibility index (Phi) is 6.40. The zero-order valence-electron chi connectivity index (χ0n) is 15.6. The molecule has 140 valence electrons. The van der Waals surface area contributed by atoms with E-state index in [2.05, 4.69) is 43.5 Å². The molecule has 1 aliphatic heterocycles. The molecular formula is C18H26N6OS. The van der Waals surface area contributed by atoms with Crippen LogP contribution in [0.15, 0.2) is 23.3 Å². The molecule has 0 spiro atoms. The van der Waals surface area contributed by atoms with Gasteiger partial charge in [-0.2, -0.15) is 0 Å². The van der Waals surface area contributed by atoms with E-state index >= 15 is 0 Å². The molecule has 0 aliphatic carbocycles. The second kappa shape index (κ2) is 8.95. The van der Waals surface area contributed by atoms with Gasteiger partial charge in [-0.25, -0.2) is 9.97 Å². The van der Waals surface area contributed by atoms with Crippen LogP contribution in [0.4, 0.5) is 5.82 Å². The van der Waals surface area contributed by atoms with Gasteiger partial charge >= 0.3 is 0 Å². The summed E-state index contributed by atoms with van der Waals surface area (Å²) < 4.78 is 5.44. The number of ether oxygens (including phenoxy) is 1. The Hall–Kier alpha value is -2.19. The first kappa shape index (κ1) is 18.6. The highest BCUT2D eigenvalue weighted by atomic mass is 32.1. The van der Waals surface area contributed by atoms with Crippen LogP contribution in [0.2, 0.25) is 0 Å². The molecule has 1 saturated heterocycles. The van der Waals surface area contributed by atoms with E-state index in [-0.39, 0.29) is 0 Å². The minimum absolute atomic E-state index is 0.663. The van der Waals surface area contributed by atoms with E-state index in [1.165, 1.54) is 4.88 Å². The number of guanidine groups is 1. The van der Waals surface area contributed by atoms with Gasteiger partial charge in [0.25, 0.3) is 0 Å². The van der Waals surface area contributed by atoms with Crippen LogP contribution in [0.25, 0.3) is 0 Å². The van der Waals surface area contributed by atoms with E-state index in [9.17, 15) is 0 Å². The van der Waals surface area contributed by atoms with Crippen LogP contribution in [0.5, 0.6) is 0 Å². The molecule has 2 aromatic rings. The standard InChI is InChI=1S/C18H26N6OS/c1-13-14(2)26-16(23-13)12-22-18(19-3)21-11-15-5-4-6-20-17(15)24-7-9-25-10-8-24/h4-6H,7-12H2,1-3H3,(H2,19,21,22). The van der Waals surface area contributed by atoms with E-state index in [4.69, 9.17) is 4.74 Å². The number of morpholine rings is 1. The molecule has 3 rings (SSSR count). The van der Waals surface area contributed by atoms with Gasteiger partial charge < -0.3 is 20.3 Å². The molecular weight excluding hydrogens is 348 g/mol. The molecule has 0 aromatic carbocycles. The molecule has 2 aromatic heterocycles. The van der Waals surface area contributed by atoms with Gasteiger partial charge in [-0.05, 0) is 19.9 Å². The Bertz CT molecular complexity index is 734. The smallest absolute Gasteiger partial charge is 0.191 e. The minimum Gasteiger partial charge on any atom is -0.378 e. The molecule has 8 heteroatoms. The summed E-state index contributed by atoms with van der Waals surface area (Å²) in [7, 11) is 1.78. The topological polar surface area (TPSA) is 74.7 Å². The Morgan fingerprint density at radius 2 is 2.04 bits per heavy atom. The number of hydrogen-bond acceptors (Lipinski definition) is 6. The highest BCUT2D eigenvalue weighted by molar-refractivity contribution is 7.11. The molecule has 0 bridgehead atoms. The van der Waals surface area contributed by atoms with Crippen molar-refractivity contribution in [1.82, 2.24) is 20.6 Å². The van der Waals surface area contributed by atoms with Crippen molar-refractivity contribution < 1.29 is 4.74 Å². The van der Waals surface area contributed by atoms with Crippen molar-refractivity contribution >= 4 is 23.1 Å². The highest BCUT2D eigenvalue weighted by Gasteiger charge is 2.16. The number of aromatic nitrogens is 2. The summed E-state index contributed by atoms with van der Waals surface area (Å²) in [5.74, 6) is 1.78. The fourth-order valence-corrected chi connectivity index (χ4v) is 3.68. The van der Waals surface area contributed by atoms with Gasteiger partial charge in [0.1, 0.15) is 10.8 Å². The maximum Gasteiger partial charge on any atom is 0.191 e. The normalized spacial score (nSPS) is 15.2. The van der Waals surface area contributed by atoms with Crippen LogP contribution in [-0.2, 0) is 17.8 Å². The van der Waals surface area contributed by atoms with E-state index in [1.807, 2.05) is 19.2 Å². The second-order valence-electron chi connectivity index (χ2n) is 6.11. The number of rotatable bonds is 5. The predicted molar refractivity (Wildman–Crippen MR) is 106 cm³/mol. The van der Waals surface area contributed by atoms with Crippen molar-refractivity contribution in [2.24, 2.45) is 4.99 Å². The van der Waals surface area contributed by atoms with Crippen LogP contribution >= 0.6 is 11.3 Å². The zero-order chi connectivity index (χ0) is 18.4. The number of anilines is 1. The summed E-state index contributed by atoms with van der Waals surface area (Å²) in [6, 6.07) is 4.07. The number of nitrogens with one attached hydrogen (secondary N) is 2. The van der Waals surface area contributed by atoms with E-state index < -0.39 is 0 Å². The van der Waals surface area contributed by atoms with Gasteiger partial charge in [-0.3, -0.25) is 4.99 Å². The summed E-state index contributed by atoms with van der Waals surface area (Å²) >= 11 is 1.72. The van der Waals surface area contributed by atoms with Crippen molar-refractivity contribution in [3.63, 3.8) is 0 Å². The van der Waals surface area contributed by atoms with Crippen molar-refractivity contribution in [2.75, 3.05) is 38.3 Å². The molecule has 0 saturated carbocycles. The second-order valence-corrected chi connectivity index (χ2v) is 7.40. The third-order valence-electron chi connectivity index (χ3n) is 4.33. The average Bonchev–Trinajstić information content (AvgIpc) is 3.00. The molecule has 1 aliphatic rings. The lowest BCUT2D eigenvalue weighted by Crippen LogP contribution is -2.39. The van der Waals surface area contributed by atoms with Crippen molar-refractivity contribution in [2.45, 2.75) is 26.9 Å². The molecule has 0 amide bonds. The molecule has 0 atom stereocenters. The van der Waals surface area contributed by atoms with Gasteiger partial charge in [-0.15, -0.1) is 11.3 Å². The van der Waals surface area contributed by atoms with Crippen LogP contribution in [0, 0.1) is 13.8 Å². The van der Waals surface area contributed by atoms with E-state index in [1.54, 1.807) is 18.4 Å². The lowest BCUT2D eigenvalue weighted by Gasteiger charge is -2.29. The van der Waals surface area contributed by atoms with Gasteiger partial charge in [0, 0.05) is 43.3 Å². The summed E-state index contributed by atoms with van der Waals surface area (Å²) in [5, 5.41) is 7.77. The Morgan fingerprint density at radius 3 is 2.73 bits per heavy atom. The maximum atomic E-state index is 5.44. The van der Waals surface area contributed by atoms with Gasteiger partial charge in [-0.1, -0.05) is 6.07 Å². The molecule has 0 radical (unpaired) electrons. The SMILES string of the molecule is CN=C(NCc1nc(C)c(C)s1)NCc1cccnc1N1CCOCC1.